The molecular weight excluding hydrogens is 258 g/mol. The molecule has 2 aromatic rings. The van der Waals surface area contributed by atoms with E-state index in [-0.39, 0.29) is 5.91 Å². The van der Waals surface area contributed by atoms with Crippen LogP contribution in [0.4, 0.5) is 5.82 Å². The molecule has 0 radical (unpaired) electrons. The number of nitrogens with zero attached hydrogens (tertiary/aromatic N) is 2. The molecule has 1 amide bonds. The second kappa shape index (κ2) is 4.63. The Kier molecular flexibility index (Phi) is 2.93. The predicted octanol–water partition coefficient (Wildman–Crippen LogP) is 1.94. The molecule has 0 bridgehead atoms. The number of aryl methyl sites for hydroxylation is 3. The zero-order valence-corrected chi connectivity index (χ0v) is 11.6. The van der Waals surface area contributed by atoms with Crippen LogP contribution in [0.15, 0.2) is 16.8 Å². The van der Waals surface area contributed by atoms with Crippen LogP contribution in [0.1, 0.15) is 22.4 Å². The van der Waals surface area contributed by atoms with Crippen LogP contribution in [0.3, 0.4) is 0 Å². The lowest BCUT2D eigenvalue weighted by atomic mass is 10.0. The average molecular weight is 273 g/mol. The molecule has 1 aromatic heterocycles. The van der Waals surface area contributed by atoms with Gasteiger partial charge in [0.05, 0.1) is 0 Å². The van der Waals surface area contributed by atoms with Crippen molar-refractivity contribution in [3.8, 4) is 5.75 Å². The lowest BCUT2D eigenvalue weighted by molar-refractivity contribution is -0.122. The summed E-state index contributed by atoms with van der Waals surface area (Å²) in [5.74, 6) is 0.875. The molecular formula is C14H15N3O3. The highest BCUT2D eigenvalue weighted by atomic mass is 16.6. The van der Waals surface area contributed by atoms with Crippen molar-refractivity contribution in [2.75, 3.05) is 5.32 Å². The SMILES string of the molecule is Cc1cc2c(cc1C)O[C@@H](C(=O)Nc1nonc1C)C2. The number of ether oxygens (including phenoxy) is 1. The van der Waals surface area contributed by atoms with E-state index in [9.17, 15) is 4.79 Å². The van der Waals surface area contributed by atoms with E-state index in [1.54, 1.807) is 6.92 Å². The Hall–Kier alpha value is -2.37. The number of amides is 1. The molecule has 0 unspecified atom stereocenters. The zero-order chi connectivity index (χ0) is 14.3. The first kappa shape index (κ1) is 12.7. The number of rotatable bonds is 2. The number of hydrogen-bond donors (Lipinski definition) is 1. The fraction of sp³-hybridized carbons (Fsp3) is 0.357. The topological polar surface area (TPSA) is 77.2 Å². The van der Waals surface area contributed by atoms with E-state index in [2.05, 4.69) is 26.3 Å². The van der Waals surface area contributed by atoms with Gasteiger partial charge in [-0.3, -0.25) is 4.79 Å². The van der Waals surface area contributed by atoms with Crippen LogP contribution in [0, 0.1) is 20.8 Å². The molecule has 104 valence electrons. The number of nitrogens with one attached hydrogen (secondary N) is 1. The van der Waals surface area contributed by atoms with Gasteiger partial charge in [0.2, 0.25) is 0 Å². The molecule has 6 nitrogen and oxygen atoms in total. The van der Waals surface area contributed by atoms with E-state index in [1.165, 1.54) is 5.56 Å². The summed E-state index contributed by atoms with van der Waals surface area (Å²) in [5, 5.41) is 9.91. The predicted molar refractivity (Wildman–Crippen MR) is 71.7 cm³/mol. The van der Waals surface area contributed by atoms with Crippen LogP contribution in [0.2, 0.25) is 0 Å². The van der Waals surface area contributed by atoms with E-state index in [0.717, 1.165) is 16.9 Å². The van der Waals surface area contributed by atoms with Crippen LogP contribution in [-0.4, -0.2) is 22.3 Å². The van der Waals surface area contributed by atoms with Crippen LogP contribution in [-0.2, 0) is 11.2 Å². The third-order valence-corrected chi connectivity index (χ3v) is 3.54. The lowest BCUT2D eigenvalue weighted by Crippen LogP contribution is -2.31. The van der Waals surface area contributed by atoms with Gasteiger partial charge in [-0.15, -0.1) is 0 Å². The summed E-state index contributed by atoms with van der Waals surface area (Å²) in [6.45, 7) is 5.79. The van der Waals surface area contributed by atoms with Crippen molar-refractivity contribution in [1.82, 2.24) is 10.3 Å². The van der Waals surface area contributed by atoms with Gasteiger partial charge >= 0.3 is 0 Å². The van der Waals surface area contributed by atoms with Gasteiger partial charge in [0, 0.05) is 6.42 Å². The van der Waals surface area contributed by atoms with Gasteiger partial charge in [-0.25, -0.2) is 4.63 Å². The van der Waals surface area contributed by atoms with Crippen molar-refractivity contribution in [2.24, 2.45) is 0 Å². The third kappa shape index (κ3) is 2.13. The Bertz CT molecular complexity index is 647. The molecule has 3 rings (SSSR count). The molecule has 0 aliphatic carbocycles. The van der Waals surface area contributed by atoms with Crippen molar-refractivity contribution in [2.45, 2.75) is 33.3 Å². The zero-order valence-electron chi connectivity index (χ0n) is 11.6. The molecule has 1 aliphatic rings. The standard InChI is InChI=1S/C14H15N3O3/c1-7-4-10-6-12(19-11(10)5-8(7)2)14(18)15-13-9(3)16-20-17-13/h4-5,12H,6H2,1-3H3,(H,15,17,18)/t12-/m1/s1. The van der Waals surface area contributed by atoms with E-state index in [0.29, 0.717) is 17.9 Å². The highest BCUT2D eigenvalue weighted by molar-refractivity contribution is 5.94. The quantitative estimate of drug-likeness (QED) is 0.904. The fourth-order valence-electron chi connectivity index (χ4n) is 2.20. The minimum Gasteiger partial charge on any atom is -0.480 e. The molecule has 20 heavy (non-hydrogen) atoms. The second-order valence-corrected chi connectivity index (χ2v) is 5.04. The van der Waals surface area contributed by atoms with Crippen molar-refractivity contribution < 1.29 is 14.2 Å². The first-order valence-corrected chi connectivity index (χ1v) is 6.41. The Morgan fingerprint density at radius 2 is 2.00 bits per heavy atom. The van der Waals surface area contributed by atoms with Gasteiger partial charge in [0.15, 0.2) is 11.9 Å². The molecule has 1 N–H and O–H groups in total. The Labute approximate surface area is 116 Å². The number of carbonyl (C=O) groups excluding carboxylic acids is 1. The number of aromatic nitrogens is 2. The van der Waals surface area contributed by atoms with E-state index in [1.807, 2.05) is 19.9 Å². The molecule has 6 heteroatoms. The number of fused-ring (bicyclic) bond motifs is 1. The Morgan fingerprint density at radius 3 is 2.70 bits per heavy atom. The molecule has 0 saturated carbocycles. The van der Waals surface area contributed by atoms with Gasteiger partial charge in [-0.2, -0.15) is 0 Å². The number of benzene rings is 1. The minimum atomic E-state index is -0.540. The Morgan fingerprint density at radius 1 is 1.25 bits per heavy atom. The van der Waals surface area contributed by atoms with Crippen LogP contribution >= 0.6 is 0 Å². The maximum absolute atomic E-state index is 12.2. The minimum absolute atomic E-state index is 0.240. The third-order valence-electron chi connectivity index (χ3n) is 3.54. The number of carbonyl (C=O) groups is 1. The van der Waals surface area contributed by atoms with E-state index >= 15 is 0 Å². The summed E-state index contributed by atoms with van der Waals surface area (Å²) in [6, 6.07) is 4.04. The van der Waals surface area contributed by atoms with Crippen molar-refractivity contribution in [3.05, 3.63) is 34.5 Å². The highest BCUT2D eigenvalue weighted by Crippen LogP contribution is 2.31. The molecule has 2 heterocycles. The first-order chi connectivity index (χ1) is 9.54. The monoisotopic (exact) mass is 273 g/mol. The van der Waals surface area contributed by atoms with Gasteiger partial charge in [-0.1, -0.05) is 11.2 Å². The smallest absolute Gasteiger partial charge is 0.267 e. The summed E-state index contributed by atoms with van der Waals surface area (Å²) >= 11 is 0. The summed E-state index contributed by atoms with van der Waals surface area (Å²) in [4.78, 5) is 12.2. The summed E-state index contributed by atoms with van der Waals surface area (Å²) in [7, 11) is 0. The Balaban J connectivity index is 1.75. The van der Waals surface area contributed by atoms with Crippen molar-refractivity contribution in [1.29, 1.82) is 0 Å². The van der Waals surface area contributed by atoms with Gasteiger partial charge in [0.25, 0.3) is 5.91 Å². The van der Waals surface area contributed by atoms with Crippen molar-refractivity contribution >= 4 is 11.7 Å². The normalized spacial score (nSPS) is 16.6. The summed E-state index contributed by atoms with van der Waals surface area (Å²) < 4.78 is 10.2. The number of anilines is 1. The maximum Gasteiger partial charge on any atom is 0.267 e. The fourth-order valence-corrected chi connectivity index (χ4v) is 2.20. The first-order valence-electron chi connectivity index (χ1n) is 6.41. The van der Waals surface area contributed by atoms with Crippen LogP contribution in [0.25, 0.3) is 0 Å². The molecule has 1 atom stereocenters. The van der Waals surface area contributed by atoms with Gasteiger partial charge in [-0.05, 0) is 48.7 Å². The van der Waals surface area contributed by atoms with Crippen LogP contribution in [0.5, 0.6) is 5.75 Å². The average Bonchev–Trinajstić information content (AvgIpc) is 2.97. The molecule has 0 saturated heterocycles. The lowest BCUT2D eigenvalue weighted by Gasteiger charge is -2.09. The maximum atomic E-state index is 12.2. The molecule has 0 fully saturated rings. The molecule has 1 aliphatic heterocycles. The second-order valence-electron chi connectivity index (χ2n) is 5.04. The molecule has 1 aromatic carbocycles. The summed E-state index contributed by atoms with van der Waals surface area (Å²) in [6.07, 6.45) is 0.0226. The largest absolute Gasteiger partial charge is 0.480 e. The number of hydrogen-bond acceptors (Lipinski definition) is 5. The highest BCUT2D eigenvalue weighted by Gasteiger charge is 2.30. The van der Waals surface area contributed by atoms with Gasteiger partial charge < -0.3 is 10.1 Å². The van der Waals surface area contributed by atoms with Crippen molar-refractivity contribution in [3.63, 3.8) is 0 Å². The summed E-state index contributed by atoms with van der Waals surface area (Å²) in [5.41, 5.74) is 3.95. The van der Waals surface area contributed by atoms with Crippen LogP contribution < -0.4 is 10.1 Å². The van der Waals surface area contributed by atoms with Gasteiger partial charge in [0.1, 0.15) is 11.4 Å². The van der Waals surface area contributed by atoms with E-state index in [4.69, 9.17) is 4.74 Å². The van der Waals surface area contributed by atoms with E-state index < -0.39 is 6.10 Å². The molecule has 0 spiro atoms.